The molecule has 0 aliphatic rings. The number of aromatic nitrogens is 1. The van der Waals surface area contributed by atoms with Crippen LogP contribution in [0.1, 0.15) is 55.9 Å². The zero-order valence-corrected chi connectivity index (χ0v) is 12.5. The van der Waals surface area contributed by atoms with Gasteiger partial charge in [-0.25, -0.2) is 0 Å². The van der Waals surface area contributed by atoms with Crippen LogP contribution in [0.5, 0.6) is 0 Å². The summed E-state index contributed by atoms with van der Waals surface area (Å²) in [4.78, 5) is 15.8. The Balaban J connectivity index is 2.14. The molecule has 1 N–H and O–H groups in total. The maximum Gasteiger partial charge on any atom is 0.269 e. The highest BCUT2D eigenvalue weighted by Crippen LogP contribution is 2.09. The zero-order chi connectivity index (χ0) is 13.2. The molecular weight excluding hydrogens is 292 g/mol. The third-order valence-corrected chi connectivity index (χ3v) is 3.26. The van der Waals surface area contributed by atoms with Crippen molar-refractivity contribution in [1.82, 2.24) is 10.3 Å². The molecule has 3 nitrogen and oxygen atoms in total. The molecule has 1 aromatic heterocycles. The average molecular weight is 313 g/mol. The standard InChI is InChI=1S/C14H21BrN2O/c1-2-3-4-5-6-7-9-17-14(18)13-11-12(15)8-10-16-13/h8,10-11H,2-7,9H2,1H3,(H,17,18). The summed E-state index contributed by atoms with van der Waals surface area (Å²) in [6.07, 6.45) is 9.01. The minimum atomic E-state index is -0.0927. The van der Waals surface area contributed by atoms with Gasteiger partial charge in [-0.15, -0.1) is 0 Å². The number of halogens is 1. The number of carbonyl (C=O) groups is 1. The molecule has 0 atom stereocenters. The number of nitrogens with zero attached hydrogens (tertiary/aromatic N) is 1. The van der Waals surface area contributed by atoms with Crippen molar-refractivity contribution in [3.8, 4) is 0 Å². The molecule has 1 amide bonds. The first kappa shape index (κ1) is 15.2. The number of nitrogens with one attached hydrogen (secondary N) is 1. The number of pyridine rings is 1. The monoisotopic (exact) mass is 312 g/mol. The smallest absolute Gasteiger partial charge is 0.269 e. The number of hydrogen-bond donors (Lipinski definition) is 1. The number of hydrogen-bond acceptors (Lipinski definition) is 2. The number of rotatable bonds is 8. The molecule has 4 heteroatoms. The first-order valence-electron chi connectivity index (χ1n) is 6.63. The van der Waals surface area contributed by atoms with E-state index in [1.54, 1.807) is 12.3 Å². The van der Waals surface area contributed by atoms with Crippen LogP contribution in [0, 0.1) is 0 Å². The summed E-state index contributed by atoms with van der Waals surface area (Å²) in [5.41, 5.74) is 0.468. The molecule has 0 saturated carbocycles. The van der Waals surface area contributed by atoms with Crippen LogP contribution in [0.2, 0.25) is 0 Å². The van der Waals surface area contributed by atoms with E-state index in [1.165, 1.54) is 32.1 Å². The van der Waals surface area contributed by atoms with E-state index >= 15 is 0 Å². The van der Waals surface area contributed by atoms with Crippen molar-refractivity contribution in [3.05, 3.63) is 28.5 Å². The fourth-order valence-corrected chi connectivity index (χ4v) is 2.06. The van der Waals surface area contributed by atoms with Crippen molar-refractivity contribution in [2.24, 2.45) is 0 Å². The highest BCUT2D eigenvalue weighted by molar-refractivity contribution is 9.10. The Bertz CT molecular complexity index is 369. The summed E-state index contributed by atoms with van der Waals surface area (Å²) in [5, 5.41) is 2.89. The lowest BCUT2D eigenvalue weighted by atomic mass is 10.1. The second-order valence-corrected chi connectivity index (χ2v) is 5.30. The topological polar surface area (TPSA) is 42.0 Å². The second kappa shape index (κ2) is 9.09. The van der Waals surface area contributed by atoms with Gasteiger partial charge in [0.15, 0.2) is 0 Å². The van der Waals surface area contributed by atoms with Crippen LogP contribution in [0.3, 0.4) is 0 Å². The lowest BCUT2D eigenvalue weighted by molar-refractivity contribution is 0.0948. The van der Waals surface area contributed by atoms with E-state index in [4.69, 9.17) is 0 Å². The number of unbranched alkanes of at least 4 members (excludes halogenated alkanes) is 5. The predicted molar refractivity (Wildman–Crippen MR) is 77.6 cm³/mol. The highest BCUT2D eigenvalue weighted by atomic mass is 79.9. The highest BCUT2D eigenvalue weighted by Gasteiger charge is 2.05. The summed E-state index contributed by atoms with van der Waals surface area (Å²) < 4.78 is 0.877. The quantitative estimate of drug-likeness (QED) is 0.739. The van der Waals surface area contributed by atoms with Gasteiger partial charge in [0, 0.05) is 17.2 Å². The molecule has 1 rings (SSSR count). The summed E-state index contributed by atoms with van der Waals surface area (Å²) in [6.45, 7) is 2.95. The third-order valence-electron chi connectivity index (χ3n) is 2.77. The predicted octanol–water partition coefficient (Wildman–Crippen LogP) is 3.93. The first-order valence-corrected chi connectivity index (χ1v) is 7.43. The maximum atomic E-state index is 11.7. The lowest BCUT2D eigenvalue weighted by Gasteiger charge is -2.04. The van der Waals surface area contributed by atoms with Gasteiger partial charge in [0.2, 0.25) is 0 Å². The van der Waals surface area contributed by atoms with E-state index in [0.717, 1.165) is 17.4 Å². The molecule has 0 aliphatic carbocycles. The van der Waals surface area contributed by atoms with Gasteiger partial charge < -0.3 is 5.32 Å². The van der Waals surface area contributed by atoms with Gasteiger partial charge in [-0.2, -0.15) is 0 Å². The SMILES string of the molecule is CCCCCCCCNC(=O)c1cc(Br)ccn1. The van der Waals surface area contributed by atoms with E-state index < -0.39 is 0 Å². The summed E-state index contributed by atoms with van der Waals surface area (Å²) in [6, 6.07) is 3.54. The lowest BCUT2D eigenvalue weighted by Crippen LogP contribution is -2.25. The average Bonchev–Trinajstić information content (AvgIpc) is 2.37. The Morgan fingerprint density at radius 2 is 2.00 bits per heavy atom. The third kappa shape index (κ3) is 6.15. The van der Waals surface area contributed by atoms with Crippen LogP contribution < -0.4 is 5.32 Å². The van der Waals surface area contributed by atoms with E-state index in [9.17, 15) is 4.79 Å². The molecule has 1 aromatic rings. The Morgan fingerprint density at radius 1 is 1.28 bits per heavy atom. The molecule has 18 heavy (non-hydrogen) atoms. The molecule has 0 fully saturated rings. The van der Waals surface area contributed by atoms with Crippen molar-refractivity contribution in [2.45, 2.75) is 45.4 Å². The second-order valence-electron chi connectivity index (χ2n) is 4.38. The largest absolute Gasteiger partial charge is 0.351 e. The minimum Gasteiger partial charge on any atom is -0.351 e. The maximum absolute atomic E-state index is 11.7. The van der Waals surface area contributed by atoms with E-state index in [0.29, 0.717) is 5.69 Å². The fourth-order valence-electron chi connectivity index (χ4n) is 1.73. The van der Waals surface area contributed by atoms with Crippen LogP contribution in [0.15, 0.2) is 22.8 Å². The molecule has 100 valence electrons. The molecular formula is C14H21BrN2O. The molecule has 0 aliphatic heterocycles. The Morgan fingerprint density at radius 3 is 2.72 bits per heavy atom. The van der Waals surface area contributed by atoms with Gasteiger partial charge in [-0.05, 0) is 18.6 Å². The van der Waals surface area contributed by atoms with Crippen LogP contribution in [0.25, 0.3) is 0 Å². The van der Waals surface area contributed by atoms with Gasteiger partial charge >= 0.3 is 0 Å². The van der Waals surface area contributed by atoms with Gasteiger partial charge in [0.25, 0.3) is 5.91 Å². The van der Waals surface area contributed by atoms with Crippen molar-refractivity contribution < 1.29 is 4.79 Å². The Labute approximate surface area is 118 Å². The van der Waals surface area contributed by atoms with Gasteiger partial charge in [0.1, 0.15) is 5.69 Å². The molecule has 0 spiro atoms. The van der Waals surface area contributed by atoms with Crippen molar-refractivity contribution in [3.63, 3.8) is 0 Å². The summed E-state index contributed by atoms with van der Waals surface area (Å²) in [5.74, 6) is -0.0927. The van der Waals surface area contributed by atoms with Crippen LogP contribution in [-0.2, 0) is 0 Å². The van der Waals surface area contributed by atoms with E-state index in [2.05, 4.69) is 33.2 Å². The summed E-state index contributed by atoms with van der Waals surface area (Å²) in [7, 11) is 0. The van der Waals surface area contributed by atoms with Crippen LogP contribution in [0.4, 0.5) is 0 Å². The molecule has 0 radical (unpaired) electrons. The molecule has 0 saturated heterocycles. The van der Waals surface area contributed by atoms with Gasteiger partial charge in [-0.1, -0.05) is 55.0 Å². The molecule has 0 bridgehead atoms. The van der Waals surface area contributed by atoms with Gasteiger partial charge in [0.05, 0.1) is 0 Å². The minimum absolute atomic E-state index is 0.0927. The van der Waals surface area contributed by atoms with Crippen molar-refractivity contribution in [1.29, 1.82) is 0 Å². The van der Waals surface area contributed by atoms with E-state index in [-0.39, 0.29) is 5.91 Å². The van der Waals surface area contributed by atoms with Crippen molar-refractivity contribution >= 4 is 21.8 Å². The normalized spacial score (nSPS) is 10.3. The zero-order valence-electron chi connectivity index (χ0n) is 10.9. The molecule has 0 unspecified atom stereocenters. The fraction of sp³-hybridized carbons (Fsp3) is 0.571. The van der Waals surface area contributed by atoms with Crippen LogP contribution in [-0.4, -0.2) is 17.4 Å². The van der Waals surface area contributed by atoms with Crippen molar-refractivity contribution in [2.75, 3.05) is 6.54 Å². The summed E-state index contributed by atoms with van der Waals surface area (Å²) >= 11 is 3.33. The Hall–Kier alpha value is -0.900. The first-order chi connectivity index (χ1) is 8.74. The molecule has 1 heterocycles. The number of carbonyl (C=O) groups excluding carboxylic acids is 1. The van der Waals surface area contributed by atoms with Crippen LogP contribution >= 0.6 is 15.9 Å². The van der Waals surface area contributed by atoms with Gasteiger partial charge in [-0.3, -0.25) is 9.78 Å². The van der Waals surface area contributed by atoms with E-state index in [1.807, 2.05) is 6.07 Å². The molecule has 0 aromatic carbocycles. The number of amides is 1. The Kier molecular flexibility index (Phi) is 7.65.